The second-order valence-corrected chi connectivity index (χ2v) is 8.56. The van der Waals surface area contributed by atoms with E-state index >= 15 is 0 Å². The Morgan fingerprint density at radius 3 is 2.28 bits per heavy atom. The summed E-state index contributed by atoms with van der Waals surface area (Å²) in [6, 6.07) is 19.1. The minimum atomic E-state index is -4.84. The average Bonchev–Trinajstić information content (AvgIpc) is 3.00. The fourth-order valence-electron chi connectivity index (χ4n) is 3.87. The Morgan fingerprint density at radius 2 is 1.62 bits per heavy atom. The minimum Gasteiger partial charge on any atom is -0.406 e. The molecular formula is C27H24F3N5O4. The number of carbonyl (C=O) groups excluding carboxylic acids is 3. The van der Waals surface area contributed by atoms with Crippen LogP contribution in [0.2, 0.25) is 0 Å². The number of ether oxygens (including phenoxy) is 1. The van der Waals surface area contributed by atoms with Gasteiger partial charge in [0.05, 0.1) is 11.4 Å². The zero-order valence-corrected chi connectivity index (χ0v) is 20.8. The number of halogens is 3. The van der Waals surface area contributed by atoms with E-state index in [-0.39, 0.29) is 5.69 Å². The van der Waals surface area contributed by atoms with Crippen LogP contribution in [0.1, 0.15) is 18.1 Å². The van der Waals surface area contributed by atoms with Gasteiger partial charge in [-0.1, -0.05) is 48.5 Å². The van der Waals surface area contributed by atoms with Crippen LogP contribution in [-0.2, 0) is 9.59 Å². The Balaban J connectivity index is 1.45. The second-order valence-electron chi connectivity index (χ2n) is 8.56. The number of amides is 4. The first-order valence-electron chi connectivity index (χ1n) is 11.8. The van der Waals surface area contributed by atoms with E-state index in [2.05, 4.69) is 25.7 Å². The number of para-hydroxylation sites is 1. The van der Waals surface area contributed by atoms with Gasteiger partial charge in [0.1, 0.15) is 11.8 Å². The molecule has 0 bridgehead atoms. The minimum absolute atomic E-state index is 0.171. The maximum atomic E-state index is 13.2. The van der Waals surface area contributed by atoms with Gasteiger partial charge in [0.2, 0.25) is 12.1 Å². The van der Waals surface area contributed by atoms with E-state index in [0.29, 0.717) is 17.0 Å². The molecule has 1 aliphatic rings. The zero-order chi connectivity index (χ0) is 28.2. The average molecular weight is 540 g/mol. The van der Waals surface area contributed by atoms with Crippen LogP contribution in [0.25, 0.3) is 0 Å². The molecule has 0 aliphatic carbocycles. The lowest BCUT2D eigenvalue weighted by atomic mass is 10.0. The number of urea groups is 1. The SMILES string of the molecule is C[C@H](NC(=O)Nc1ccc(OC(F)(F)F)cc1)C(=O)N[C@H]1N=C(c2ccccc2)c2ccccc2N(C)C1=O. The summed E-state index contributed by atoms with van der Waals surface area (Å²) in [6.07, 6.45) is -6.10. The van der Waals surface area contributed by atoms with Crippen molar-refractivity contribution in [1.82, 2.24) is 10.6 Å². The monoisotopic (exact) mass is 539 g/mol. The van der Waals surface area contributed by atoms with E-state index < -0.39 is 42.2 Å². The first kappa shape index (κ1) is 27.2. The van der Waals surface area contributed by atoms with E-state index in [9.17, 15) is 27.6 Å². The summed E-state index contributed by atoms with van der Waals surface area (Å²) < 4.78 is 40.7. The highest BCUT2D eigenvalue weighted by atomic mass is 19.4. The van der Waals surface area contributed by atoms with Crippen molar-refractivity contribution in [3.8, 4) is 5.75 Å². The quantitative estimate of drug-likeness (QED) is 0.439. The van der Waals surface area contributed by atoms with E-state index in [4.69, 9.17) is 0 Å². The highest BCUT2D eigenvalue weighted by Crippen LogP contribution is 2.27. The molecule has 4 rings (SSSR count). The Kier molecular flexibility index (Phi) is 7.84. The molecule has 3 N–H and O–H groups in total. The summed E-state index contributed by atoms with van der Waals surface area (Å²) in [4.78, 5) is 44.6. The first-order chi connectivity index (χ1) is 18.5. The van der Waals surface area contributed by atoms with Gasteiger partial charge in [-0.2, -0.15) is 0 Å². The molecule has 2 atom stereocenters. The number of benzene rings is 3. The van der Waals surface area contributed by atoms with Gasteiger partial charge in [0, 0.05) is 23.9 Å². The van der Waals surface area contributed by atoms with Crippen molar-refractivity contribution in [2.24, 2.45) is 4.99 Å². The van der Waals surface area contributed by atoms with Crippen molar-refractivity contribution in [2.45, 2.75) is 25.5 Å². The molecule has 4 amide bonds. The van der Waals surface area contributed by atoms with Gasteiger partial charge < -0.3 is 25.6 Å². The van der Waals surface area contributed by atoms with E-state index in [1.54, 1.807) is 19.2 Å². The fourth-order valence-corrected chi connectivity index (χ4v) is 3.87. The number of hydrogen-bond acceptors (Lipinski definition) is 5. The molecular weight excluding hydrogens is 515 g/mol. The highest BCUT2D eigenvalue weighted by Gasteiger charge is 2.32. The molecule has 3 aromatic carbocycles. The molecule has 0 spiro atoms. The number of hydrogen-bond donors (Lipinski definition) is 3. The molecule has 0 unspecified atom stereocenters. The molecule has 0 fully saturated rings. The molecule has 0 saturated carbocycles. The number of anilines is 2. The Morgan fingerprint density at radius 1 is 0.974 bits per heavy atom. The standard InChI is InChI=1S/C27H24F3N5O4/c1-16(31-26(38)32-18-12-14-19(15-13-18)39-27(28,29)30)24(36)34-23-25(37)35(2)21-11-7-6-10-20(21)22(33-23)17-8-4-3-5-9-17/h3-16,23H,1-2H3,(H,34,36)(H2,31,32,38)/t16-,23+/m0/s1. The second kappa shape index (κ2) is 11.3. The normalized spacial score (nSPS) is 15.8. The molecule has 1 heterocycles. The summed E-state index contributed by atoms with van der Waals surface area (Å²) >= 11 is 0. The van der Waals surface area contributed by atoms with E-state index in [1.165, 1.54) is 24.0 Å². The van der Waals surface area contributed by atoms with Gasteiger partial charge >= 0.3 is 12.4 Å². The van der Waals surface area contributed by atoms with Gasteiger partial charge in [-0.25, -0.2) is 9.79 Å². The van der Waals surface area contributed by atoms with Gasteiger partial charge in [-0.3, -0.25) is 9.59 Å². The number of alkyl halides is 3. The van der Waals surface area contributed by atoms with Crippen molar-refractivity contribution in [3.63, 3.8) is 0 Å². The number of nitrogens with one attached hydrogen (secondary N) is 3. The van der Waals surface area contributed by atoms with Crippen LogP contribution in [0, 0.1) is 0 Å². The van der Waals surface area contributed by atoms with Crippen LogP contribution in [-0.4, -0.2) is 49.2 Å². The topological polar surface area (TPSA) is 112 Å². The van der Waals surface area contributed by atoms with Crippen LogP contribution in [0.3, 0.4) is 0 Å². The predicted molar refractivity (Wildman–Crippen MR) is 139 cm³/mol. The van der Waals surface area contributed by atoms with Crippen molar-refractivity contribution >= 4 is 34.9 Å². The van der Waals surface area contributed by atoms with E-state index in [0.717, 1.165) is 17.7 Å². The van der Waals surface area contributed by atoms with Crippen molar-refractivity contribution in [1.29, 1.82) is 0 Å². The zero-order valence-electron chi connectivity index (χ0n) is 20.8. The highest BCUT2D eigenvalue weighted by molar-refractivity contribution is 6.20. The molecule has 39 heavy (non-hydrogen) atoms. The van der Waals surface area contributed by atoms with Crippen LogP contribution in [0.4, 0.5) is 29.3 Å². The number of nitrogens with zero attached hydrogens (tertiary/aromatic N) is 2. The number of benzodiazepines with no additional fused rings is 1. The third kappa shape index (κ3) is 6.72. The van der Waals surface area contributed by atoms with Crippen molar-refractivity contribution in [2.75, 3.05) is 17.3 Å². The number of likely N-dealkylation sites (N-methyl/N-ethyl adjacent to an activating group) is 1. The summed E-state index contributed by atoms with van der Waals surface area (Å²) in [7, 11) is 1.59. The molecule has 12 heteroatoms. The number of carbonyl (C=O) groups is 3. The fraction of sp³-hybridized carbons (Fsp3) is 0.185. The Labute approximate surface area is 221 Å². The van der Waals surface area contributed by atoms with Crippen LogP contribution in [0.15, 0.2) is 83.9 Å². The molecule has 0 radical (unpaired) electrons. The van der Waals surface area contributed by atoms with Crippen molar-refractivity contribution < 1.29 is 32.3 Å². The van der Waals surface area contributed by atoms with Crippen LogP contribution in [0.5, 0.6) is 5.75 Å². The molecule has 1 aliphatic heterocycles. The van der Waals surface area contributed by atoms with Crippen LogP contribution >= 0.6 is 0 Å². The third-order valence-corrected chi connectivity index (χ3v) is 5.76. The molecule has 0 aromatic heterocycles. The van der Waals surface area contributed by atoms with E-state index in [1.807, 2.05) is 42.5 Å². The number of rotatable bonds is 6. The molecule has 9 nitrogen and oxygen atoms in total. The maximum Gasteiger partial charge on any atom is 0.573 e. The third-order valence-electron chi connectivity index (χ3n) is 5.76. The molecule has 3 aromatic rings. The van der Waals surface area contributed by atoms with Gasteiger partial charge in [-0.15, -0.1) is 13.2 Å². The number of fused-ring (bicyclic) bond motifs is 1. The molecule has 202 valence electrons. The Bertz CT molecular complexity index is 1390. The smallest absolute Gasteiger partial charge is 0.406 e. The maximum absolute atomic E-state index is 13.2. The largest absolute Gasteiger partial charge is 0.573 e. The summed E-state index contributed by atoms with van der Waals surface area (Å²) in [5.41, 5.74) is 2.78. The lowest BCUT2D eigenvalue weighted by Gasteiger charge is -2.22. The lowest BCUT2D eigenvalue weighted by molar-refractivity contribution is -0.274. The first-order valence-corrected chi connectivity index (χ1v) is 11.8. The molecule has 0 saturated heterocycles. The van der Waals surface area contributed by atoms with Crippen molar-refractivity contribution in [3.05, 3.63) is 90.0 Å². The summed E-state index contributed by atoms with van der Waals surface area (Å²) in [5, 5.41) is 7.43. The van der Waals surface area contributed by atoms with Gasteiger partial charge in [0.25, 0.3) is 5.91 Å². The summed E-state index contributed by atoms with van der Waals surface area (Å²) in [6.45, 7) is 1.41. The summed E-state index contributed by atoms with van der Waals surface area (Å²) in [5.74, 6) is -1.59. The lowest BCUT2D eigenvalue weighted by Crippen LogP contribution is -2.52. The van der Waals surface area contributed by atoms with Gasteiger partial charge in [0.15, 0.2) is 0 Å². The predicted octanol–water partition coefficient (Wildman–Crippen LogP) is 4.05. The Hall–Kier alpha value is -4.87. The van der Waals surface area contributed by atoms with Crippen LogP contribution < -0.4 is 25.6 Å². The number of aliphatic imine (C=N–C) groups is 1. The van der Waals surface area contributed by atoms with Gasteiger partial charge in [-0.05, 0) is 37.3 Å².